The van der Waals surface area contributed by atoms with Crippen molar-refractivity contribution < 1.29 is 4.79 Å². The largest absolute Gasteiger partial charge is 0.342 e. The Morgan fingerprint density at radius 1 is 1.35 bits per heavy atom. The lowest BCUT2D eigenvalue weighted by Crippen LogP contribution is -2.42. The van der Waals surface area contributed by atoms with E-state index in [4.69, 9.17) is 0 Å². The molecule has 0 aromatic rings. The number of amides is 1. The molecule has 3 heteroatoms. The first-order valence-electron chi connectivity index (χ1n) is 8.60. The fraction of sp³-hybridized carbons (Fsp3) is 0.941. The monoisotopic (exact) mass is 278 g/mol. The third-order valence-corrected chi connectivity index (χ3v) is 5.72. The number of carbonyl (C=O) groups is 1. The molecule has 2 atom stereocenters. The highest BCUT2D eigenvalue weighted by atomic mass is 16.2. The Morgan fingerprint density at radius 2 is 2.10 bits per heavy atom. The van der Waals surface area contributed by atoms with Gasteiger partial charge < -0.3 is 10.2 Å². The van der Waals surface area contributed by atoms with Crippen LogP contribution >= 0.6 is 0 Å². The van der Waals surface area contributed by atoms with Gasteiger partial charge in [-0.3, -0.25) is 4.79 Å². The van der Waals surface area contributed by atoms with Crippen LogP contribution in [-0.4, -0.2) is 37.0 Å². The highest BCUT2D eigenvalue weighted by molar-refractivity contribution is 5.82. The van der Waals surface area contributed by atoms with E-state index in [9.17, 15) is 4.79 Å². The van der Waals surface area contributed by atoms with Crippen LogP contribution in [0.3, 0.4) is 0 Å². The van der Waals surface area contributed by atoms with Gasteiger partial charge in [0.15, 0.2) is 0 Å². The van der Waals surface area contributed by atoms with Crippen molar-refractivity contribution in [3.05, 3.63) is 0 Å². The molecule has 2 heterocycles. The zero-order valence-electron chi connectivity index (χ0n) is 13.2. The molecule has 3 rings (SSSR count). The van der Waals surface area contributed by atoms with E-state index in [1.54, 1.807) is 0 Å². The van der Waals surface area contributed by atoms with Gasteiger partial charge in [-0.1, -0.05) is 13.8 Å². The first-order chi connectivity index (χ1) is 9.61. The minimum atomic E-state index is 0.363. The Bertz CT molecular complexity index is 360. The minimum absolute atomic E-state index is 0.363. The van der Waals surface area contributed by atoms with E-state index in [1.165, 1.54) is 38.5 Å². The summed E-state index contributed by atoms with van der Waals surface area (Å²) in [6.07, 6.45) is 7.41. The zero-order chi connectivity index (χ0) is 14.2. The Morgan fingerprint density at radius 3 is 2.80 bits per heavy atom. The van der Waals surface area contributed by atoms with Crippen LogP contribution in [0.2, 0.25) is 0 Å². The third kappa shape index (κ3) is 2.88. The van der Waals surface area contributed by atoms with E-state index in [0.717, 1.165) is 38.0 Å². The van der Waals surface area contributed by atoms with Gasteiger partial charge in [0, 0.05) is 19.0 Å². The molecule has 3 aliphatic rings. The van der Waals surface area contributed by atoms with Crippen molar-refractivity contribution in [2.45, 2.75) is 52.4 Å². The maximum atomic E-state index is 12.8. The highest BCUT2D eigenvalue weighted by Crippen LogP contribution is 2.59. The van der Waals surface area contributed by atoms with Gasteiger partial charge in [0.2, 0.25) is 5.91 Å². The molecular formula is C17H30N2O. The van der Waals surface area contributed by atoms with Crippen LogP contribution in [0, 0.1) is 23.2 Å². The van der Waals surface area contributed by atoms with Crippen molar-refractivity contribution in [2.24, 2.45) is 23.2 Å². The smallest absolute Gasteiger partial charge is 0.226 e. The predicted octanol–water partition coefficient (Wildman–Crippen LogP) is 2.66. The third-order valence-electron chi connectivity index (χ3n) is 5.72. The van der Waals surface area contributed by atoms with Crippen LogP contribution in [0.4, 0.5) is 0 Å². The van der Waals surface area contributed by atoms with Crippen molar-refractivity contribution in [1.29, 1.82) is 0 Å². The summed E-state index contributed by atoms with van der Waals surface area (Å²) in [6, 6.07) is 0. The van der Waals surface area contributed by atoms with Crippen LogP contribution in [0.5, 0.6) is 0 Å². The molecule has 2 unspecified atom stereocenters. The van der Waals surface area contributed by atoms with E-state index in [1.807, 2.05) is 0 Å². The van der Waals surface area contributed by atoms with Crippen molar-refractivity contribution >= 4 is 5.91 Å². The molecule has 3 fully saturated rings. The van der Waals surface area contributed by atoms with E-state index in [2.05, 4.69) is 24.1 Å². The maximum absolute atomic E-state index is 12.8. The van der Waals surface area contributed by atoms with Gasteiger partial charge in [0.1, 0.15) is 0 Å². The van der Waals surface area contributed by atoms with Crippen molar-refractivity contribution in [3.63, 3.8) is 0 Å². The molecule has 2 saturated heterocycles. The second-order valence-corrected chi connectivity index (χ2v) is 7.79. The summed E-state index contributed by atoms with van der Waals surface area (Å²) < 4.78 is 0. The van der Waals surface area contributed by atoms with Crippen molar-refractivity contribution in [1.82, 2.24) is 10.2 Å². The van der Waals surface area contributed by atoms with Crippen LogP contribution in [-0.2, 0) is 4.79 Å². The molecule has 1 amide bonds. The minimum Gasteiger partial charge on any atom is -0.342 e. The molecule has 3 nitrogen and oxygen atoms in total. The first kappa shape index (κ1) is 14.4. The summed E-state index contributed by atoms with van der Waals surface area (Å²) >= 11 is 0. The molecule has 0 aromatic heterocycles. The van der Waals surface area contributed by atoms with Crippen LogP contribution in [0.1, 0.15) is 52.4 Å². The van der Waals surface area contributed by atoms with Crippen molar-refractivity contribution in [3.8, 4) is 0 Å². The van der Waals surface area contributed by atoms with Gasteiger partial charge in [-0.15, -0.1) is 0 Å². The SMILES string of the molecule is CC(C)CC1CCCN(C(=O)C2CC23CCNCC3)C1. The predicted molar refractivity (Wildman–Crippen MR) is 81.4 cm³/mol. The standard InChI is InChI=1S/C17H30N2O/c1-13(2)10-14-4-3-9-19(12-14)16(20)15-11-17(15)5-7-18-8-6-17/h13-15,18H,3-12H2,1-2H3. The van der Waals surface area contributed by atoms with Crippen LogP contribution in [0.15, 0.2) is 0 Å². The molecule has 114 valence electrons. The van der Waals surface area contributed by atoms with Gasteiger partial charge in [-0.05, 0) is 68.9 Å². The number of nitrogens with one attached hydrogen (secondary N) is 1. The Balaban J connectivity index is 1.55. The summed E-state index contributed by atoms with van der Waals surface area (Å²) in [6.45, 7) is 8.86. The second kappa shape index (κ2) is 5.67. The molecule has 0 aromatic carbocycles. The number of nitrogens with zero attached hydrogens (tertiary/aromatic N) is 1. The zero-order valence-corrected chi connectivity index (χ0v) is 13.2. The number of piperidine rings is 2. The molecule has 1 aliphatic carbocycles. The molecular weight excluding hydrogens is 248 g/mol. The Labute approximate surface area is 123 Å². The fourth-order valence-corrected chi connectivity index (χ4v) is 4.52. The van der Waals surface area contributed by atoms with E-state index < -0.39 is 0 Å². The number of carbonyl (C=O) groups excluding carboxylic acids is 1. The normalized spacial score (nSPS) is 32.6. The lowest BCUT2D eigenvalue weighted by Gasteiger charge is -2.34. The molecule has 1 saturated carbocycles. The average Bonchev–Trinajstić information content (AvgIpc) is 3.11. The van der Waals surface area contributed by atoms with E-state index in [0.29, 0.717) is 17.2 Å². The number of hydrogen-bond acceptors (Lipinski definition) is 2. The molecule has 20 heavy (non-hydrogen) atoms. The van der Waals surface area contributed by atoms with Gasteiger partial charge in [-0.25, -0.2) is 0 Å². The summed E-state index contributed by atoms with van der Waals surface area (Å²) in [4.78, 5) is 15.0. The fourth-order valence-electron chi connectivity index (χ4n) is 4.52. The lowest BCUT2D eigenvalue weighted by atomic mass is 9.88. The molecule has 1 spiro atoms. The quantitative estimate of drug-likeness (QED) is 0.861. The van der Waals surface area contributed by atoms with Crippen molar-refractivity contribution in [2.75, 3.05) is 26.2 Å². The van der Waals surface area contributed by atoms with E-state index >= 15 is 0 Å². The van der Waals surface area contributed by atoms with Gasteiger partial charge >= 0.3 is 0 Å². The topological polar surface area (TPSA) is 32.3 Å². The Hall–Kier alpha value is -0.570. The molecule has 2 aliphatic heterocycles. The second-order valence-electron chi connectivity index (χ2n) is 7.79. The highest BCUT2D eigenvalue weighted by Gasteiger charge is 2.58. The number of likely N-dealkylation sites (tertiary alicyclic amines) is 1. The van der Waals surface area contributed by atoms with Gasteiger partial charge in [-0.2, -0.15) is 0 Å². The summed E-state index contributed by atoms with van der Waals surface area (Å²) in [5.74, 6) is 2.35. The molecule has 0 radical (unpaired) electrons. The van der Waals surface area contributed by atoms with Crippen LogP contribution in [0.25, 0.3) is 0 Å². The molecule has 1 N–H and O–H groups in total. The molecule has 0 bridgehead atoms. The average molecular weight is 278 g/mol. The maximum Gasteiger partial charge on any atom is 0.226 e. The lowest BCUT2D eigenvalue weighted by molar-refractivity contribution is -0.135. The number of rotatable bonds is 3. The summed E-state index contributed by atoms with van der Waals surface area (Å²) in [7, 11) is 0. The number of hydrogen-bond donors (Lipinski definition) is 1. The Kier molecular flexibility index (Phi) is 4.07. The first-order valence-corrected chi connectivity index (χ1v) is 8.60. The van der Waals surface area contributed by atoms with E-state index in [-0.39, 0.29) is 0 Å². The van der Waals surface area contributed by atoms with Crippen LogP contribution < -0.4 is 5.32 Å². The van der Waals surface area contributed by atoms with Gasteiger partial charge in [0.05, 0.1) is 0 Å². The summed E-state index contributed by atoms with van der Waals surface area (Å²) in [5, 5.41) is 3.42. The summed E-state index contributed by atoms with van der Waals surface area (Å²) in [5.41, 5.74) is 0.396. The van der Waals surface area contributed by atoms with Gasteiger partial charge in [0.25, 0.3) is 0 Å².